The number of likely N-dealkylation sites (N-methyl/N-ethyl adjacent to an activating group) is 1. The molecule has 1 fully saturated rings. The molecule has 16 heavy (non-hydrogen) atoms. The van der Waals surface area contributed by atoms with Gasteiger partial charge in [0.25, 0.3) is 0 Å². The van der Waals surface area contributed by atoms with Crippen LogP contribution in [0, 0.1) is 5.92 Å². The first-order valence-electron chi connectivity index (χ1n) is 7.02. The molecule has 96 valence electrons. The van der Waals surface area contributed by atoms with E-state index >= 15 is 0 Å². The van der Waals surface area contributed by atoms with Crippen LogP contribution in [0.15, 0.2) is 0 Å². The van der Waals surface area contributed by atoms with Crippen LogP contribution in [0.2, 0.25) is 0 Å². The van der Waals surface area contributed by atoms with Crippen LogP contribution in [0.1, 0.15) is 59.8 Å². The van der Waals surface area contributed by atoms with E-state index in [1.807, 2.05) is 0 Å². The van der Waals surface area contributed by atoms with E-state index < -0.39 is 0 Å². The van der Waals surface area contributed by atoms with Crippen LogP contribution in [0.3, 0.4) is 0 Å². The summed E-state index contributed by atoms with van der Waals surface area (Å²) in [6.07, 6.45) is 6.96. The van der Waals surface area contributed by atoms with Crippen molar-refractivity contribution in [2.45, 2.75) is 71.4 Å². The molecule has 1 aliphatic carbocycles. The Hall–Kier alpha value is -0.0800. The van der Waals surface area contributed by atoms with Gasteiger partial charge in [-0.15, -0.1) is 0 Å². The average Bonchev–Trinajstić information content (AvgIpc) is 2.40. The Morgan fingerprint density at radius 1 is 1.12 bits per heavy atom. The second kappa shape index (κ2) is 6.61. The molecule has 0 aliphatic heterocycles. The topological polar surface area (TPSA) is 24.1 Å². The van der Waals surface area contributed by atoms with Crippen molar-refractivity contribution in [1.29, 1.82) is 0 Å². The van der Waals surface area contributed by atoms with E-state index in [0.29, 0.717) is 0 Å². The van der Waals surface area contributed by atoms with E-state index in [9.17, 15) is 0 Å². The van der Waals surface area contributed by atoms with Gasteiger partial charge in [0.2, 0.25) is 0 Å². The molecule has 2 nitrogen and oxygen atoms in total. The maximum absolute atomic E-state index is 3.74. The van der Waals surface area contributed by atoms with Crippen LogP contribution in [0.5, 0.6) is 0 Å². The van der Waals surface area contributed by atoms with Crippen molar-refractivity contribution >= 4 is 0 Å². The van der Waals surface area contributed by atoms with Gasteiger partial charge in [-0.3, -0.25) is 0 Å². The summed E-state index contributed by atoms with van der Waals surface area (Å²) in [5, 5.41) is 7.27. The number of hydrogen-bond acceptors (Lipinski definition) is 2. The highest BCUT2D eigenvalue weighted by molar-refractivity contribution is 4.82. The number of rotatable bonds is 5. The molecule has 2 atom stereocenters. The van der Waals surface area contributed by atoms with E-state index in [4.69, 9.17) is 0 Å². The highest BCUT2D eigenvalue weighted by Gasteiger charge is 2.20. The lowest BCUT2D eigenvalue weighted by Gasteiger charge is -2.29. The quantitative estimate of drug-likeness (QED) is 0.704. The maximum Gasteiger partial charge on any atom is 0.0249 e. The first-order chi connectivity index (χ1) is 7.53. The molecule has 0 aromatic carbocycles. The van der Waals surface area contributed by atoms with Gasteiger partial charge in [-0.05, 0) is 45.6 Å². The zero-order valence-electron chi connectivity index (χ0n) is 11.6. The molecule has 0 saturated heterocycles. The SMILES string of the molecule is CCNC(C)(C)CNC1CCCC(C)CC1. The molecule has 1 saturated carbocycles. The monoisotopic (exact) mass is 226 g/mol. The van der Waals surface area contributed by atoms with Gasteiger partial charge in [-0.2, -0.15) is 0 Å². The van der Waals surface area contributed by atoms with Gasteiger partial charge >= 0.3 is 0 Å². The van der Waals surface area contributed by atoms with Crippen LogP contribution >= 0.6 is 0 Å². The third kappa shape index (κ3) is 5.31. The predicted octanol–water partition coefficient (Wildman–Crippen LogP) is 2.93. The summed E-state index contributed by atoms with van der Waals surface area (Å²) in [6.45, 7) is 11.3. The summed E-state index contributed by atoms with van der Waals surface area (Å²) in [5.41, 5.74) is 0.229. The zero-order chi connectivity index (χ0) is 12.0. The van der Waals surface area contributed by atoms with Gasteiger partial charge in [0.15, 0.2) is 0 Å². The lowest BCUT2D eigenvalue weighted by molar-refractivity contribution is 0.336. The fourth-order valence-corrected chi connectivity index (χ4v) is 2.63. The van der Waals surface area contributed by atoms with Gasteiger partial charge in [0, 0.05) is 18.1 Å². The van der Waals surface area contributed by atoms with Gasteiger partial charge in [0.05, 0.1) is 0 Å². The summed E-state index contributed by atoms with van der Waals surface area (Å²) in [4.78, 5) is 0. The van der Waals surface area contributed by atoms with E-state index in [-0.39, 0.29) is 5.54 Å². The average molecular weight is 226 g/mol. The first kappa shape index (κ1) is 14.0. The van der Waals surface area contributed by atoms with Crippen molar-refractivity contribution in [2.24, 2.45) is 5.92 Å². The minimum Gasteiger partial charge on any atom is -0.312 e. The first-order valence-corrected chi connectivity index (χ1v) is 7.02. The fraction of sp³-hybridized carbons (Fsp3) is 1.00. The van der Waals surface area contributed by atoms with E-state index in [1.54, 1.807) is 0 Å². The normalized spacial score (nSPS) is 27.8. The highest BCUT2D eigenvalue weighted by Crippen LogP contribution is 2.22. The van der Waals surface area contributed by atoms with E-state index in [2.05, 4.69) is 38.3 Å². The summed E-state index contributed by atoms with van der Waals surface area (Å²) in [5.74, 6) is 0.938. The molecule has 0 radical (unpaired) electrons. The Morgan fingerprint density at radius 2 is 1.88 bits per heavy atom. The van der Waals surface area contributed by atoms with Gasteiger partial charge in [0.1, 0.15) is 0 Å². The Balaban J connectivity index is 2.26. The van der Waals surface area contributed by atoms with Crippen LogP contribution in [0.4, 0.5) is 0 Å². The molecule has 0 heterocycles. The lowest BCUT2D eigenvalue weighted by atomic mass is 10.0. The Morgan fingerprint density at radius 3 is 2.56 bits per heavy atom. The van der Waals surface area contributed by atoms with Crippen molar-refractivity contribution in [3.05, 3.63) is 0 Å². The summed E-state index contributed by atoms with van der Waals surface area (Å²) >= 11 is 0. The van der Waals surface area contributed by atoms with Crippen LogP contribution < -0.4 is 10.6 Å². The third-order valence-corrected chi connectivity index (χ3v) is 3.75. The Labute approximate surface area is 102 Å². The van der Waals surface area contributed by atoms with Crippen molar-refractivity contribution in [3.8, 4) is 0 Å². The highest BCUT2D eigenvalue weighted by atomic mass is 15.0. The van der Waals surface area contributed by atoms with E-state index in [1.165, 1.54) is 32.1 Å². The molecule has 0 bridgehead atoms. The Kier molecular flexibility index (Phi) is 5.77. The molecule has 0 amide bonds. The van der Waals surface area contributed by atoms with Crippen molar-refractivity contribution < 1.29 is 0 Å². The van der Waals surface area contributed by atoms with E-state index in [0.717, 1.165) is 25.0 Å². The Bertz CT molecular complexity index is 189. The summed E-state index contributed by atoms with van der Waals surface area (Å²) in [6, 6.07) is 0.753. The zero-order valence-corrected chi connectivity index (χ0v) is 11.6. The second-order valence-electron chi connectivity index (χ2n) is 6.11. The summed E-state index contributed by atoms with van der Waals surface area (Å²) in [7, 11) is 0. The maximum atomic E-state index is 3.74. The van der Waals surface area contributed by atoms with Gasteiger partial charge in [-0.25, -0.2) is 0 Å². The summed E-state index contributed by atoms with van der Waals surface area (Å²) < 4.78 is 0. The number of nitrogens with one attached hydrogen (secondary N) is 2. The minimum atomic E-state index is 0.229. The lowest BCUT2D eigenvalue weighted by Crippen LogP contribution is -2.49. The molecule has 2 unspecified atom stereocenters. The largest absolute Gasteiger partial charge is 0.312 e. The van der Waals surface area contributed by atoms with Gasteiger partial charge < -0.3 is 10.6 Å². The molecule has 0 aromatic heterocycles. The van der Waals surface area contributed by atoms with Crippen molar-refractivity contribution in [1.82, 2.24) is 10.6 Å². The standard InChI is InChI=1S/C14H30N2/c1-5-16-14(3,4)11-15-13-8-6-7-12(2)9-10-13/h12-13,15-16H,5-11H2,1-4H3. The molecule has 0 spiro atoms. The fourth-order valence-electron chi connectivity index (χ4n) is 2.63. The molecular weight excluding hydrogens is 196 g/mol. The van der Waals surface area contributed by atoms with Crippen LogP contribution in [-0.2, 0) is 0 Å². The molecule has 1 aliphatic rings. The minimum absolute atomic E-state index is 0.229. The smallest absolute Gasteiger partial charge is 0.0249 e. The molecule has 1 rings (SSSR count). The third-order valence-electron chi connectivity index (χ3n) is 3.75. The van der Waals surface area contributed by atoms with Crippen molar-refractivity contribution in [3.63, 3.8) is 0 Å². The number of hydrogen-bond donors (Lipinski definition) is 2. The predicted molar refractivity (Wildman–Crippen MR) is 71.8 cm³/mol. The van der Waals surface area contributed by atoms with Gasteiger partial charge in [-0.1, -0.05) is 26.7 Å². The molecule has 2 N–H and O–H groups in total. The molecular formula is C14H30N2. The molecule has 0 aromatic rings. The van der Waals surface area contributed by atoms with Crippen LogP contribution in [0.25, 0.3) is 0 Å². The van der Waals surface area contributed by atoms with Crippen molar-refractivity contribution in [2.75, 3.05) is 13.1 Å². The second-order valence-corrected chi connectivity index (χ2v) is 6.11. The molecule has 2 heteroatoms. The van der Waals surface area contributed by atoms with Crippen LogP contribution in [-0.4, -0.2) is 24.7 Å².